The van der Waals surface area contributed by atoms with Gasteiger partial charge in [0.25, 0.3) is 5.91 Å². The van der Waals surface area contributed by atoms with Crippen molar-refractivity contribution in [3.63, 3.8) is 0 Å². The lowest BCUT2D eigenvalue weighted by molar-refractivity contribution is -0.0588. The highest BCUT2D eigenvalue weighted by atomic mass is 16.6. The first-order valence-corrected chi connectivity index (χ1v) is 4.88. The molecule has 9 nitrogen and oxygen atoms in total. The highest BCUT2D eigenvalue weighted by Gasteiger charge is 2.43. The molecule has 1 aromatic rings. The molecule has 0 unspecified atom stereocenters. The zero-order chi connectivity index (χ0) is 12.6. The Hall–Kier alpha value is -1.55. The van der Waals surface area contributed by atoms with Crippen molar-refractivity contribution in [2.45, 2.75) is 24.5 Å². The summed E-state index contributed by atoms with van der Waals surface area (Å²) in [5.41, 5.74) is 4.97. The molecule has 4 atom stereocenters. The second kappa shape index (κ2) is 4.37. The smallest absolute Gasteiger partial charge is 0.288 e. The molecule has 0 spiro atoms. The number of carbonyl (C=O) groups excluding carboxylic acids is 1. The van der Waals surface area contributed by atoms with E-state index >= 15 is 0 Å². The lowest BCUT2D eigenvalue weighted by Crippen LogP contribution is -2.33. The van der Waals surface area contributed by atoms with Crippen LogP contribution in [0.2, 0.25) is 0 Å². The van der Waals surface area contributed by atoms with Crippen LogP contribution >= 0.6 is 0 Å². The first-order valence-electron chi connectivity index (χ1n) is 4.88. The van der Waals surface area contributed by atoms with Gasteiger partial charge >= 0.3 is 0 Å². The van der Waals surface area contributed by atoms with Gasteiger partial charge in [0.15, 0.2) is 6.23 Å². The van der Waals surface area contributed by atoms with Crippen molar-refractivity contribution in [3.05, 3.63) is 12.2 Å². The maximum atomic E-state index is 10.8. The van der Waals surface area contributed by atoms with Gasteiger partial charge in [0.2, 0.25) is 5.82 Å². The Morgan fingerprint density at radius 2 is 2.24 bits per heavy atom. The highest BCUT2D eigenvalue weighted by molar-refractivity contribution is 5.88. The van der Waals surface area contributed by atoms with Gasteiger partial charge in [-0.25, -0.2) is 9.67 Å². The third kappa shape index (κ3) is 2.00. The zero-order valence-corrected chi connectivity index (χ0v) is 8.67. The second-order valence-corrected chi connectivity index (χ2v) is 3.64. The van der Waals surface area contributed by atoms with Gasteiger partial charge in [-0.05, 0) is 0 Å². The van der Waals surface area contributed by atoms with Gasteiger partial charge in [-0.2, -0.15) is 0 Å². The van der Waals surface area contributed by atoms with Crippen molar-refractivity contribution in [2.24, 2.45) is 5.73 Å². The van der Waals surface area contributed by atoms with Crippen LogP contribution < -0.4 is 5.73 Å². The third-order valence-electron chi connectivity index (χ3n) is 2.51. The van der Waals surface area contributed by atoms with Crippen molar-refractivity contribution in [1.29, 1.82) is 0 Å². The van der Waals surface area contributed by atoms with Crippen LogP contribution in [0.15, 0.2) is 6.33 Å². The maximum Gasteiger partial charge on any atom is 0.288 e. The van der Waals surface area contributed by atoms with E-state index in [2.05, 4.69) is 10.1 Å². The summed E-state index contributed by atoms with van der Waals surface area (Å²) in [5.74, 6) is -1.03. The van der Waals surface area contributed by atoms with Crippen LogP contribution in [0.4, 0.5) is 0 Å². The molecular weight excluding hydrogens is 232 g/mol. The Kier molecular flexibility index (Phi) is 3.07. The molecule has 94 valence electrons. The minimum atomic E-state index is -1.27. The standard InChI is InChI=1S/C8H12N4O5/c9-6(16)7-10-2-12(11-7)8-5(15)4(14)3(1-13)17-8/h2-5,8,13-15H,1H2,(H2,9,16)/t3-,4+,5-,8-/m1/s1. The largest absolute Gasteiger partial charge is 0.394 e. The molecule has 5 N–H and O–H groups in total. The van der Waals surface area contributed by atoms with Crippen LogP contribution in [0.25, 0.3) is 0 Å². The molecule has 1 aliphatic heterocycles. The number of primary amides is 1. The molecule has 1 saturated heterocycles. The molecule has 2 rings (SSSR count). The summed E-state index contributed by atoms with van der Waals surface area (Å²) < 4.78 is 6.25. The van der Waals surface area contributed by atoms with Gasteiger partial charge in [-0.15, -0.1) is 5.10 Å². The summed E-state index contributed by atoms with van der Waals surface area (Å²) >= 11 is 0. The van der Waals surface area contributed by atoms with Crippen molar-refractivity contribution < 1.29 is 24.9 Å². The van der Waals surface area contributed by atoms with E-state index in [1.165, 1.54) is 0 Å². The summed E-state index contributed by atoms with van der Waals surface area (Å²) in [7, 11) is 0. The number of aliphatic hydroxyl groups is 3. The molecule has 0 radical (unpaired) electrons. The number of aromatic nitrogens is 3. The van der Waals surface area contributed by atoms with Crippen molar-refractivity contribution in [3.8, 4) is 0 Å². The number of ether oxygens (including phenoxy) is 1. The minimum Gasteiger partial charge on any atom is -0.394 e. The fraction of sp³-hybridized carbons (Fsp3) is 0.625. The normalized spacial score (nSPS) is 32.9. The van der Waals surface area contributed by atoms with Crippen LogP contribution in [0.5, 0.6) is 0 Å². The predicted octanol–water partition coefficient (Wildman–Crippen LogP) is -3.01. The Balaban J connectivity index is 2.19. The fourth-order valence-corrected chi connectivity index (χ4v) is 1.61. The molecule has 1 fully saturated rings. The SMILES string of the molecule is NC(=O)c1ncn([C@@H]2O[C@H](CO)[C@H](O)[C@H]2O)n1. The Labute approximate surface area is 95.4 Å². The molecule has 17 heavy (non-hydrogen) atoms. The van der Waals surface area contributed by atoms with Crippen molar-refractivity contribution in [1.82, 2.24) is 14.8 Å². The predicted molar refractivity (Wildman–Crippen MR) is 51.5 cm³/mol. The van der Waals surface area contributed by atoms with Crippen molar-refractivity contribution in [2.75, 3.05) is 6.61 Å². The first kappa shape index (κ1) is 11.9. The summed E-state index contributed by atoms with van der Waals surface area (Å²) in [5, 5.41) is 31.8. The lowest BCUT2D eigenvalue weighted by atomic mass is 10.1. The number of hydrogen-bond acceptors (Lipinski definition) is 7. The van der Waals surface area contributed by atoms with Crippen LogP contribution in [0, 0.1) is 0 Å². The number of nitrogens with two attached hydrogens (primary N) is 1. The number of carbonyl (C=O) groups is 1. The zero-order valence-electron chi connectivity index (χ0n) is 8.67. The van der Waals surface area contributed by atoms with E-state index in [-0.39, 0.29) is 5.82 Å². The summed E-state index contributed by atoms with van der Waals surface area (Å²) in [6, 6.07) is 0. The quantitative estimate of drug-likeness (QED) is 0.443. The molecule has 1 amide bonds. The Morgan fingerprint density at radius 1 is 1.53 bits per heavy atom. The van der Waals surface area contributed by atoms with E-state index in [0.29, 0.717) is 0 Å². The molecule has 0 bridgehead atoms. The van der Waals surface area contributed by atoms with E-state index in [4.69, 9.17) is 15.6 Å². The molecule has 9 heteroatoms. The number of nitrogens with zero attached hydrogens (tertiary/aromatic N) is 3. The van der Waals surface area contributed by atoms with Gasteiger partial charge in [0.1, 0.15) is 24.6 Å². The van der Waals surface area contributed by atoms with Crippen LogP contribution in [0.1, 0.15) is 16.8 Å². The topological polar surface area (TPSA) is 144 Å². The fourth-order valence-electron chi connectivity index (χ4n) is 1.61. The maximum absolute atomic E-state index is 10.8. The Bertz CT molecular complexity index is 422. The summed E-state index contributed by atoms with van der Waals surface area (Å²) in [6.45, 7) is -0.438. The molecule has 1 aliphatic rings. The van der Waals surface area contributed by atoms with Gasteiger partial charge in [0, 0.05) is 0 Å². The molecular formula is C8H12N4O5. The number of hydrogen-bond donors (Lipinski definition) is 4. The van der Waals surface area contributed by atoms with Crippen LogP contribution in [0.3, 0.4) is 0 Å². The lowest BCUT2D eigenvalue weighted by Gasteiger charge is -2.13. The van der Waals surface area contributed by atoms with Gasteiger partial charge in [-0.1, -0.05) is 0 Å². The molecule has 0 aromatic carbocycles. The number of aliphatic hydroxyl groups excluding tert-OH is 3. The number of rotatable bonds is 3. The van der Waals surface area contributed by atoms with Gasteiger partial charge in [-0.3, -0.25) is 4.79 Å². The average molecular weight is 244 g/mol. The minimum absolute atomic E-state index is 0.220. The third-order valence-corrected chi connectivity index (χ3v) is 2.51. The summed E-state index contributed by atoms with van der Waals surface area (Å²) in [6.07, 6.45) is -3.26. The molecule has 0 saturated carbocycles. The van der Waals surface area contributed by atoms with E-state index in [0.717, 1.165) is 11.0 Å². The highest BCUT2D eigenvalue weighted by Crippen LogP contribution is 2.28. The molecule has 0 aliphatic carbocycles. The van der Waals surface area contributed by atoms with E-state index < -0.39 is 37.1 Å². The van der Waals surface area contributed by atoms with Gasteiger partial charge in [0.05, 0.1) is 6.61 Å². The van der Waals surface area contributed by atoms with Crippen molar-refractivity contribution >= 4 is 5.91 Å². The molecule has 1 aromatic heterocycles. The number of amides is 1. The first-order chi connectivity index (χ1) is 8.04. The van der Waals surface area contributed by atoms with Crippen LogP contribution in [-0.2, 0) is 4.74 Å². The van der Waals surface area contributed by atoms with E-state index in [1.807, 2.05) is 0 Å². The monoisotopic (exact) mass is 244 g/mol. The molecule has 2 heterocycles. The van der Waals surface area contributed by atoms with Crippen LogP contribution in [-0.4, -0.2) is 60.9 Å². The van der Waals surface area contributed by atoms with E-state index in [1.54, 1.807) is 0 Å². The average Bonchev–Trinajstić information content (AvgIpc) is 2.87. The Morgan fingerprint density at radius 3 is 2.71 bits per heavy atom. The second-order valence-electron chi connectivity index (χ2n) is 3.64. The summed E-state index contributed by atoms with van der Waals surface area (Å²) in [4.78, 5) is 14.4. The van der Waals surface area contributed by atoms with E-state index in [9.17, 15) is 15.0 Å². The van der Waals surface area contributed by atoms with Gasteiger partial charge < -0.3 is 25.8 Å².